The number of esters is 1. The van der Waals surface area contributed by atoms with Gasteiger partial charge < -0.3 is 9.30 Å². The number of methoxy groups -OCH3 is 1. The van der Waals surface area contributed by atoms with Crippen LogP contribution in [0.2, 0.25) is 0 Å². The molecular formula is C12H9F3N2O2. The Hall–Kier alpha value is -2.31. The number of rotatable bonds is 3. The van der Waals surface area contributed by atoms with Crippen LogP contribution in [0.3, 0.4) is 0 Å². The van der Waals surface area contributed by atoms with E-state index in [1.54, 1.807) is 0 Å². The zero-order valence-electron chi connectivity index (χ0n) is 9.86. The fourth-order valence-corrected chi connectivity index (χ4v) is 1.58. The zero-order chi connectivity index (χ0) is 14.0. The Kier molecular flexibility index (Phi) is 3.55. The van der Waals surface area contributed by atoms with Crippen molar-refractivity contribution in [3.8, 4) is 11.4 Å². The average Bonchev–Trinajstić information content (AvgIpc) is 2.84. The molecule has 1 aromatic carbocycles. The molecule has 0 aliphatic rings. The van der Waals surface area contributed by atoms with Crippen molar-refractivity contribution in [1.82, 2.24) is 9.55 Å². The fraction of sp³-hybridized carbons (Fsp3) is 0.167. The molecule has 7 heteroatoms. The van der Waals surface area contributed by atoms with Crippen molar-refractivity contribution in [2.45, 2.75) is 6.54 Å². The number of imidazole rings is 1. The van der Waals surface area contributed by atoms with E-state index in [2.05, 4.69) is 9.72 Å². The van der Waals surface area contributed by atoms with Crippen LogP contribution in [-0.4, -0.2) is 22.6 Å². The van der Waals surface area contributed by atoms with Gasteiger partial charge in [-0.25, -0.2) is 18.2 Å². The van der Waals surface area contributed by atoms with Crippen molar-refractivity contribution in [3.63, 3.8) is 0 Å². The van der Waals surface area contributed by atoms with Gasteiger partial charge in [-0.15, -0.1) is 0 Å². The van der Waals surface area contributed by atoms with Gasteiger partial charge in [-0.05, 0) is 12.1 Å². The predicted octanol–water partition coefficient (Wildman–Crippen LogP) is 2.14. The van der Waals surface area contributed by atoms with Crippen LogP contribution in [0, 0.1) is 17.5 Å². The molecule has 19 heavy (non-hydrogen) atoms. The molecule has 0 unspecified atom stereocenters. The first-order valence-corrected chi connectivity index (χ1v) is 5.26. The van der Waals surface area contributed by atoms with Crippen molar-refractivity contribution < 1.29 is 22.7 Å². The van der Waals surface area contributed by atoms with E-state index in [-0.39, 0.29) is 17.9 Å². The summed E-state index contributed by atoms with van der Waals surface area (Å²) in [6.07, 6.45) is 2.73. The molecule has 0 spiro atoms. The minimum absolute atomic E-state index is 0.0156. The van der Waals surface area contributed by atoms with Crippen molar-refractivity contribution in [2.75, 3.05) is 7.11 Å². The number of halogens is 3. The number of nitrogens with zero attached hydrogens (tertiary/aromatic N) is 2. The molecule has 0 N–H and O–H groups in total. The van der Waals surface area contributed by atoms with Crippen molar-refractivity contribution in [2.24, 2.45) is 0 Å². The summed E-state index contributed by atoms with van der Waals surface area (Å²) in [5.41, 5.74) is -0.229. The Morgan fingerprint density at radius 2 is 2.05 bits per heavy atom. The van der Waals surface area contributed by atoms with Gasteiger partial charge in [-0.3, -0.25) is 4.79 Å². The van der Waals surface area contributed by atoms with E-state index in [9.17, 15) is 18.0 Å². The maximum atomic E-state index is 13.6. The molecule has 1 aromatic heterocycles. The zero-order valence-corrected chi connectivity index (χ0v) is 9.86. The second kappa shape index (κ2) is 5.13. The third kappa shape index (κ3) is 2.44. The molecule has 0 aliphatic carbocycles. The molecule has 0 saturated carbocycles. The smallest absolute Gasteiger partial charge is 0.325 e. The summed E-state index contributed by atoms with van der Waals surface area (Å²) in [4.78, 5) is 15.0. The van der Waals surface area contributed by atoms with Gasteiger partial charge in [0.15, 0.2) is 17.5 Å². The first kappa shape index (κ1) is 13.1. The Morgan fingerprint density at radius 3 is 2.74 bits per heavy atom. The third-order valence-corrected chi connectivity index (χ3v) is 2.52. The van der Waals surface area contributed by atoms with Gasteiger partial charge in [-0.1, -0.05) is 0 Å². The number of benzene rings is 1. The van der Waals surface area contributed by atoms with Gasteiger partial charge in [0.1, 0.15) is 12.4 Å². The molecule has 0 bridgehead atoms. The first-order chi connectivity index (χ1) is 9.04. The number of carbonyl (C=O) groups excluding carboxylic acids is 1. The molecular weight excluding hydrogens is 261 g/mol. The molecule has 2 aromatic rings. The summed E-state index contributed by atoms with van der Waals surface area (Å²) in [6.45, 7) is -0.204. The second-order valence-corrected chi connectivity index (χ2v) is 3.68. The largest absolute Gasteiger partial charge is 0.468 e. The van der Waals surface area contributed by atoms with Gasteiger partial charge in [0.2, 0.25) is 0 Å². The van der Waals surface area contributed by atoms with Crippen molar-refractivity contribution in [1.29, 1.82) is 0 Å². The maximum Gasteiger partial charge on any atom is 0.325 e. The molecule has 1 heterocycles. The molecule has 2 rings (SSSR count). The average molecular weight is 270 g/mol. The van der Waals surface area contributed by atoms with E-state index < -0.39 is 23.4 Å². The summed E-state index contributed by atoms with van der Waals surface area (Å²) in [5, 5.41) is 0. The Bertz CT molecular complexity index is 625. The SMILES string of the molecule is COC(=O)Cn1ccnc1-c1ccc(F)c(F)c1F. The predicted molar refractivity (Wildman–Crippen MR) is 59.6 cm³/mol. The molecule has 100 valence electrons. The van der Waals surface area contributed by atoms with E-state index in [0.717, 1.165) is 12.1 Å². The van der Waals surface area contributed by atoms with E-state index in [1.165, 1.54) is 24.1 Å². The molecule has 4 nitrogen and oxygen atoms in total. The van der Waals surface area contributed by atoms with Crippen LogP contribution < -0.4 is 0 Å². The first-order valence-electron chi connectivity index (χ1n) is 5.26. The Labute approximate surface area is 106 Å². The van der Waals surface area contributed by atoms with Gasteiger partial charge in [-0.2, -0.15) is 0 Å². The highest BCUT2D eigenvalue weighted by atomic mass is 19.2. The lowest BCUT2D eigenvalue weighted by Gasteiger charge is -2.08. The number of aromatic nitrogens is 2. The highest BCUT2D eigenvalue weighted by Crippen LogP contribution is 2.24. The molecule has 0 radical (unpaired) electrons. The van der Waals surface area contributed by atoms with Crippen LogP contribution in [0.4, 0.5) is 13.2 Å². The second-order valence-electron chi connectivity index (χ2n) is 3.68. The van der Waals surface area contributed by atoms with E-state index >= 15 is 0 Å². The van der Waals surface area contributed by atoms with Crippen LogP contribution in [-0.2, 0) is 16.1 Å². The van der Waals surface area contributed by atoms with Crippen LogP contribution >= 0.6 is 0 Å². The number of ether oxygens (including phenoxy) is 1. The quantitative estimate of drug-likeness (QED) is 0.634. The number of hydrogen-bond donors (Lipinski definition) is 0. The highest BCUT2D eigenvalue weighted by molar-refractivity contribution is 5.70. The molecule has 0 atom stereocenters. The monoisotopic (exact) mass is 270 g/mol. The topological polar surface area (TPSA) is 44.1 Å². The number of hydrogen-bond acceptors (Lipinski definition) is 3. The number of carbonyl (C=O) groups is 1. The molecule has 0 saturated heterocycles. The summed E-state index contributed by atoms with van der Waals surface area (Å²) in [7, 11) is 1.21. The molecule has 0 fully saturated rings. The lowest BCUT2D eigenvalue weighted by molar-refractivity contribution is -0.141. The van der Waals surface area contributed by atoms with Crippen LogP contribution in [0.25, 0.3) is 11.4 Å². The third-order valence-electron chi connectivity index (χ3n) is 2.52. The van der Waals surface area contributed by atoms with Gasteiger partial charge >= 0.3 is 5.97 Å². The summed E-state index contributed by atoms with van der Waals surface area (Å²) in [5.74, 6) is -4.77. The normalized spacial score (nSPS) is 10.5. The lowest BCUT2D eigenvalue weighted by atomic mass is 10.2. The molecule has 0 aliphatic heterocycles. The summed E-state index contributed by atoms with van der Waals surface area (Å²) in [6, 6.07) is 1.86. The van der Waals surface area contributed by atoms with Crippen LogP contribution in [0.15, 0.2) is 24.5 Å². The van der Waals surface area contributed by atoms with Crippen molar-refractivity contribution >= 4 is 5.97 Å². The van der Waals surface area contributed by atoms with Gasteiger partial charge in [0.05, 0.1) is 12.7 Å². The molecule has 0 amide bonds. The lowest BCUT2D eigenvalue weighted by Crippen LogP contribution is -2.12. The van der Waals surface area contributed by atoms with E-state index in [4.69, 9.17) is 0 Å². The van der Waals surface area contributed by atoms with Crippen molar-refractivity contribution in [3.05, 3.63) is 42.0 Å². The van der Waals surface area contributed by atoms with Gasteiger partial charge in [0, 0.05) is 12.4 Å². The standard InChI is InChI=1S/C12H9F3N2O2/c1-19-9(18)6-17-5-4-16-12(17)7-2-3-8(13)11(15)10(7)14/h2-5H,6H2,1H3. The summed E-state index contributed by atoms with van der Waals surface area (Å²) >= 11 is 0. The van der Waals surface area contributed by atoms with E-state index in [1.807, 2.05) is 0 Å². The van der Waals surface area contributed by atoms with E-state index in [0.29, 0.717) is 0 Å². The maximum absolute atomic E-state index is 13.6. The Balaban J connectivity index is 2.46. The van der Waals surface area contributed by atoms with Gasteiger partial charge in [0.25, 0.3) is 0 Å². The minimum Gasteiger partial charge on any atom is -0.468 e. The summed E-state index contributed by atoms with van der Waals surface area (Å²) < 4.78 is 45.4. The minimum atomic E-state index is -1.58. The van der Waals surface area contributed by atoms with Crippen LogP contribution in [0.1, 0.15) is 0 Å². The van der Waals surface area contributed by atoms with Crippen LogP contribution in [0.5, 0.6) is 0 Å². The fourth-order valence-electron chi connectivity index (χ4n) is 1.58. The Morgan fingerprint density at radius 1 is 1.32 bits per heavy atom. The highest BCUT2D eigenvalue weighted by Gasteiger charge is 2.18.